The van der Waals surface area contributed by atoms with Gasteiger partial charge < -0.3 is 10.4 Å². The van der Waals surface area contributed by atoms with Gasteiger partial charge in [-0.1, -0.05) is 39.7 Å². The Morgan fingerprint density at radius 1 is 1.19 bits per heavy atom. The van der Waals surface area contributed by atoms with Gasteiger partial charge in [-0.3, -0.25) is 19.0 Å². The van der Waals surface area contributed by atoms with Crippen molar-refractivity contribution in [3.05, 3.63) is 63.5 Å². The van der Waals surface area contributed by atoms with E-state index in [-0.39, 0.29) is 17.9 Å². The molecule has 2 N–H and O–H groups in total. The lowest BCUT2D eigenvalue weighted by atomic mass is 10.2. The van der Waals surface area contributed by atoms with Crippen LogP contribution in [0.3, 0.4) is 0 Å². The van der Waals surface area contributed by atoms with Crippen molar-refractivity contribution >= 4 is 45.2 Å². The van der Waals surface area contributed by atoms with Crippen LogP contribution in [0, 0.1) is 0 Å². The summed E-state index contributed by atoms with van der Waals surface area (Å²) in [6.45, 7) is 0.176. The number of anilines is 1. The predicted molar refractivity (Wildman–Crippen MR) is 98.3 cm³/mol. The summed E-state index contributed by atoms with van der Waals surface area (Å²) in [6.07, 6.45) is 4.24. The maximum atomic E-state index is 12.2. The van der Waals surface area contributed by atoms with Gasteiger partial charge in [0.05, 0.1) is 18.3 Å². The number of hydrogen-bond donors (Lipinski definition) is 2. The summed E-state index contributed by atoms with van der Waals surface area (Å²) < 4.78 is 3.76. The molecule has 1 amide bonds. The van der Waals surface area contributed by atoms with Crippen molar-refractivity contribution in [1.29, 1.82) is 0 Å². The van der Waals surface area contributed by atoms with Gasteiger partial charge in [-0.2, -0.15) is 10.2 Å². The van der Waals surface area contributed by atoms with Crippen molar-refractivity contribution < 1.29 is 14.7 Å². The lowest BCUT2D eigenvalue weighted by Gasteiger charge is -2.02. The van der Waals surface area contributed by atoms with E-state index < -0.39 is 11.9 Å². The lowest BCUT2D eigenvalue weighted by molar-refractivity contribution is -0.137. The first kappa shape index (κ1) is 18.2. The van der Waals surface area contributed by atoms with E-state index in [4.69, 9.17) is 16.7 Å². The van der Waals surface area contributed by atoms with Crippen LogP contribution in [-0.2, 0) is 17.9 Å². The zero-order valence-corrected chi connectivity index (χ0v) is 15.6. The first-order valence-corrected chi connectivity index (χ1v) is 8.61. The van der Waals surface area contributed by atoms with Gasteiger partial charge in [0.1, 0.15) is 11.6 Å². The van der Waals surface area contributed by atoms with E-state index in [1.807, 2.05) is 24.3 Å². The van der Waals surface area contributed by atoms with Crippen LogP contribution in [0.25, 0.3) is 0 Å². The fourth-order valence-corrected chi connectivity index (χ4v) is 2.69. The van der Waals surface area contributed by atoms with Gasteiger partial charge >= 0.3 is 5.97 Å². The van der Waals surface area contributed by atoms with Crippen LogP contribution in [0.15, 0.2) is 47.3 Å². The monoisotopic (exact) mass is 437 g/mol. The molecule has 1 aromatic carbocycles. The maximum absolute atomic E-state index is 12.2. The number of carbonyl (C=O) groups is 2. The molecule has 8 nitrogen and oxygen atoms in total. The fraction of sp³-hybridized carbons (Fsp3) is 0.125. The molecule has 0 saturated carbocycles. The van der Waals surface area contributed by atoms with Gasteiger partial charge in [0.2, 0.25) is 0 Å². The van der Waals surface area contributed by atoms with E-state index in [2.05, 4.69) is 31.4 Å². The van der Waals surface area contributed by atoms with Crippen molar-refractivity contribution in [1.82, 2.24) is 19.6 Å². The number of carboxylic acids is 1. The van der Waals surface area contributed by atoms with E-state index in [0.29, 0.717) is 11.6 Å². The van der Waals surface area contributed by atoms with Crippen LogP contribution in [-0.4, -0.2) is 36.5 Å². The van der Waals surface area contributed by atoms with E-state index in [9.17, 15) is 9.59 Å². The molecule has 0 spiro atoms. The van der Waals surface area contributed by atoms with Gasteiger partial charge in [-0.05, 0) is 17.7 Å². The fourth-order valence-electron chi connectivity index (χ4n) is 2.23. The summed E-state index contributed by atoms with van der Waals surface area (Å²) in [5, 5.41) is 19.7. The van der Waals surface area contributed by atoms with Crippen molar-refractivity contribution in [3.63, 3.8) is 0 Å². The van der Waals surface area contributed by atoms with Gasteiger partial charge in [0, 0.05) is 16.9 Å². The second-order valence-corrected chi connectivity index (χ2v) is 6.75. The molecule has 0 aliphatic rings. The molecule has 134 valence electrons. The normalized spacial score (nSPS) is 10.7. The highest BCUT2D eigenvalue weighted by Gasteiger charge is 2.15. The number of halogens is 2. The van der Waals surface area contributed by atoms with Gasteiger partial charge in [-0.25, -0.2) is 0 Å². The van der Waals surface area contributed by atoms with Gasteiger partial charge in [-0.15, -0.1) is 0 Å². The molecule has 0 radical (unpaired) electrons. The number of aromatic nitrogens is 4. The van der Waals surface area contributed by atoms with Crippen LogP contribution in [0.4, 0.5) is 5.82 Å². The summed E-state index contributed by atoms with van der Waals surface area (Å²) in [4.78, 5) is 22.9. The Kier molecular flexibility index (Phi) is 5.38. The number of nitrogens with one attached hydrogen (secondary N) is 1. The largest absolute Gasteiger partial charge is 0.480 e. The van der Waals surface area contributed by atoms with Crippen LogP contribution < -0.4 is 5.32 Å². The highest BCUT2D eigenvalue weighted by molar-refractivity contribution is 9.10. The van der Waals surface area contributed by atoms with Crippen LogP contribution >= 0.6 is 27.5 Å². The van der Waals surface area contributed by atoms with E-state index >= 15 is 0 Å². The van der Waals surface area contributed by atoms with Crippen LogP contribution in [0.5, 0.6) is 0 Å². The zero-order chi connectivity index (χ0) is 18.7. The first-order chi connectivity index (χ1) is 12.4. The standard InChI is InChI=1S/C16H13BrClN5O3/c17-12-3-1-10(2-4-12)6-23-8-13(18)15(21-23)20-16(26)11-5-19-22(7-11)9-14(24)25/h1-5,7-8H,6,9H2,(H,24,25)(H,20,21,26). The summed E-state index contributed by atoms with van der Waals surface area (Å²) in [5.74, 6) is -1.30. The third-order valence-corrected chi connectivity index (χ3v) is 4.20. The van der Waals surface area contributed by atoms with Gasteiger partial charge in [0.15, 0.2) is 5.82 Å². The number of nitrogens with zero attached hydrogens (tertiary/aromatic N) is 4. The second-order valence-electron chi connectivity index (χ2n) is 5.42. The predicted octanol–water partition coefficient (Wildman–Crippen LogP) is 2.88. The van der Waals surface area contributed by atoms with E-state index in [1.165, 1.54) is 12.4 Å². The molecule has 0 unspecified atom stereocenters. The Balaban J connectivity index is 1.68. The van der Waals surface area contributed by atoms with Crippen molar-refractivity contribution in [2.24, 2.45) is 0 Å². The minimum Gasteiger partial charge on any atom is -0.480 e. The third-order valence-electron chi connectivity index (χ3n) is 3.40. The van der Waals surface area contributed by atoms with Gasteiger partial charge in [0.25, 0.3) is 5.91 Å². The molecule has 0 aliphatic carbocycles. The first-order valence-electron chi connectivity index (χ1n) is 7.43. The molecule has 0 fully saturated rings. The maximum Gasteiger partial charge on any atom is 0.325 e. The van der Waals surface area contributed by atoms with Crippen molar-refractivity contribution in [2.45, 2.75) is 13.1 Å². The summed E-state index contributed by atoms with van der Waals surface area (Å²) in [6, 6.07) is 7.76. The molecular weight excluding hydrogens is 426 g/mol. The average Bonchev–Trinajstić information content (AvgIpc) is 3.16. The summed E-state index contributed by atoms with van der Waals surface area (Å²) in [7, 11) is 0. The molecule has 0 bridgehead atoms. The van der Waals surface area contributed by atoms with Crippen LogP contribution in [0.1, 0.15) is 15.9 Å². The highest BCUT2D eigenvalue weighted by atomic mass is 79.9. The topological polar surface area (TPSA) is 102 Å². The Hall–Kier alpha value is -2.65. The van der Waals surface area contributed by atoms with Crippen molar-refractivity contribution in [2.75, 3.05) is 5.32 Å². The molecule has 0 aliphatic heterocycles. The second kappa shape index (κ2) is 7.71. The summed E-state index contributed by atoms with van der Waals surface area (Å²) in [5.41, 5.74) is 1.24. The minimum absolute atomic E-state index is 0.213. The number of amides is 1. The van der Waals surface area contributed by atoms with E-state index in [1.54, 1.807) is 10.9 Å². The quantitative estimate of drug-likeness (QED) is 0.616. The number of carbonyl (C=O) groups excluding carboxylic acids is 1. The molecule has 3 aromatic rings. The molecule has 0 saturated heterocycles. The molecule has 2 heterocycles. The SMILES string of the molecule is O=C(O)Cn1cc(C(=O)Nc2nn(Cc3ccc(Br)cc3)cc2Cl)cn1. The zero-order valence-electron chi connectivity index (χ0n) is 13.3. The molecule has 26 heavy (non-hydrogen) atoms. The van der Waals surface area contributed by atoms with Crippen LogP contribution in [0.2, 0.25) is 5.02 Å². The third kappa shape index (κ3) is 4.50. The Bertz CT molecular complexity index is 951. The smallest absolute Gasteiger partial charge is 0.325 e. The minimum atomic E-state index is -1.05. The molecular formula is C16H13BrClN5O3. The Labute approximate surface area is 161 Å². The molecule has 3 rings (SSSR count). The average molecular weight is 439 g/mol. The Morgan fingerprint density at radius 3 is 2.62 bits per heavy atom. The molecule has 0 atom stereocenters. The Morgan fingerprint density at radius 2 is 1.92 bits per heavy atom. The molecule has 2 aromatic heterocycles. The highest BCUT2D eigenvalue weighted by Crippen LogP contribution is 2.21. The van der Waals surface area contributed by atoms with E-state index in [0.717, 1.165) is 14.7 Å². The number of aliphatic carboxylic acids is 1. The lowest BCUT2D eigenvalue weighted by Crippen LogP contribution is -2.13. The van der Waals surface area contributed by atoms with Crippen molar-refractivity contribution in [3.8, 4) is 0 Å². The number of rotatable bonds is 6. The number of hydrogen-bond acceptors (Lipinski definition) is 4. The number of benzene rings is 1. The molecule has 10 heteroatoms. The summed E-state index contributed by atoms with van der Waals surface area (Å²) >= 11 is 9.52. The number of carboxylic acid groups (broad SMARTS) is 1.